The third kappa shape index (κ3) is 3.70. The van der Waals surface area contributed by atoms with Gasteiger partial charge in [0.05, 0.1) is 13.2 Å². The van der Waals surface area contributed by atoms with Crippen molar-refractivity contribution >= 4 is 6.03 Å². The number of imidazole rings is 1. The molecule has 0 aromatic carbocycles. The Kier molecular flexibility index (Phi) is 4.09. The Labute approximate surface area is 113 Å². The van der Waals surface area contributed by atoms with Crippen molar-refractivity contribution in [2.45, 2.75) is 26.3 Å². The van der Waals surface area contributed by atoms with Crippen LogP contribution in [0.15, 0.2) is 6.20 Å². The monoisotopic (exact) mass is 266 g/mol. The zero-order valence-corrected chi connectivity index (χ0v) is 11.8. The minimum Gasteiger partial charge on any atom is -0.384 e. The number of rotatable bonds is 6. The lowest BCUT2D eigenvalue weighted by molar-refractivity contribution is 0.138. The van der Waals surface area contributed by atoms with Crippen LogP contribution in [-0.2, 0) is 11.3 Å². The van der Waals surface area contributed by atoms with Gasteiger partial charge in [-0.1, -0.05) is 0 Å². The maximum atomic E-state index is 12.0. The summed E-state index contributed by atoms with van der Waals surface area (Å²) in [7, 11) is 3.47. The number of aryl methyl sites for hydroxylation is 1. The summed E-state index contributed by atoms with van der Waals surface area (Å²) in [6.45, 7) is 3.82. The second-order valence-corrected chi connectivity index (χ2v) is 5.46. The number of ether oxygens (including phenoxy) is 1. The van der Waals surface area contributed by atoms with Crippen molar-refractivity contribution in [1.29, 1.82) is 0 Å². The van der Waals surface area contributed by atoms with Crippen LogP contribution in [0.5, 0.6) is 0 Å². The number of aromatic nitrogens is 2. The molecule has 0 saturated heterocycles. The van der Waals surface area contributed by atoms with Gasteiger partial charge in [0, 0.05) is 38.0 Å². The molecular weight excluding hydrogens is 244 g/mol. The number of hydrogen-bond acceptors (Lipinski definition) is 3. The third-order valence-electron chi connectivity index (χ3n) is 3.51. The fourth-order valence-corrected chi connectivity index (χ4v) is 2.10. The molecule has 1 aliphatic carbocycles. The molecule has 2 N–H and O–H groups in total. The highest BCUT2D eigenvalue weighted by atomic mass is 16.5. The molecule has 2 rings (SSSR count). The first-order valence-corrected chi connectivity index (χ1v) is 6.53. The predicted molar refractivity (Wildman–Crippen MR) is 71.7 cm³/mol. The maximum Gasteiger partial charge on any atom is 0.317 e. The van der Waals surface area contributed by atoms with Crippen LogP contribution in [0.1, 0.15) is 24.4 Å². The molecule has 106 valence electrons. The normalized spacial score (nSPS) is 16.2. The van der Waals surface area contributed by atoms with Crippen molar-refractivity contribution in [3.8, 4) is 0 Å². The number of nitrogens with one attached hydrogen (secondary N) is 2. The molecule has 0 aliphatic heterocycles. The fraction of sp³-hybridized carbons (Fsp3) is 0.692. The highest BCUT2D eigenvalue weighted by Gasteiger charge is 2.42. The molecule has 1 heterocycles. The number of carbonyl (C=O) groups excluding carboxylic acids is 1. The van der Waals surface area contributed by atoms with Gasteiger partial charge in [0.25, 0.3) is 0 Å². The van der Waals surface area contributed by atoms with E-state index in [2.05, 4.69) is 15.3 Å². The molecule has 0 spiro atoms. The molecule has 1 aromatic rings. The Morgan fingerprint density at radius 1 is 1.63 bits per heavy atom. The van der Waals surface area contributed by atoms with Gasteiger partial charge in [0.15, 0.2) is 0 Å². The number of methoxy groups -OCH3 is 1. The molecule has 1 aliphatic rings. The minimum absolute atomic E-state index is 0.0727. The molecule has 6 nitrogen and oxygen atoms in total. The lowest BCUT2D eigenvalue weighted by Gasteiger charge is -2.20. The van der Waals surface area contributed by atoms with Gasteiger partial charge in [-0.3, -0.25) is 0 Å². The van der Waals surface area contributed by atoms with Crippen LogP contribution in [0.25, 0.3) is 0 Å². The van der Waals surface area contributed by atoms with Crippen LogP contribution < -0.4 is 5.32 Å². The van der Waals surface area contributed by atoms with Crippen LogP contribution in [0, 0.1) is 12.3 Å². The third-order valence-corrected chi connectivity index (χ3v) is 3.51. The second-order valence-electron chi connectivity index (χ2n) is 5.46. The van der Waals surface area contributed by atoms with E-state index in [1.807, 2.05) is 6.92 Å². The lowest BCUT2D eigenvalue weighted by Crippen LogP contribution is -2.40. The SMILES string of the molecule is COCC1(CNC(=O)N(C)Cc2ncc(C)[nH]2)CC1. The molecule has 19 heavy (non-hydrogen) atoms. The van der Waals surface area contributed by atoms with Crippen LogP contribution in [0.2, 0.25) is 0 Å². The van der Waals surface area contributed by atoms with Crippen LogP contribution in [-0.4, -0.2) is 48.2 Å². The Morgan fingerprint density at radius 3 is 2.89 bits per heavy atom. The highest BCUT2D eigenvalue weighted by molar-refractivity contribution is 5.73. The predicted octanol–water partition coefficient (Wildman–Crippen LogP) is 1.29. The van der Waals surface area contributed by atoms with Gasteiger partial charge < -0.3 is 19.9 Å². The zero-order valence-electron chi connectivity index (χ0n) is 11.8. The quantitative estimate of drug-likeness (QED) is 0.815. The van der Waals surface area contributed by atoms with Crippen LogP contribution in [0.4, 0.5) is 4.79 Å². The van der Waals surface area contributed by atoms with E-state index in [1.54, 1.807) is 25.3 Å². The van der Waals surface area contributed by atoms with E-state index in [0.717, 1.165) is 24.4 Å². The summed E-state index contributed by atoms with van der Waals surface area (Å²) in [4.78, 5) is 20.9. The van der Waals surface area contributed by atoms with E-state index in [0.29, 0.717) is 19.7 Å². The maximum absolute atomic E-state index is 12.0. The summed E-state index contributed by atoms with van der Waals surface area (Å²) in [6, 6.07) is -0.0727. The Morgan fingerprint density at radius 2 is 2.37 bits per heavy atom. The molecule has 0 atom stereocenters. The molecule has 0 unspecified atom stereocenters. The average Bonchev–Trinajstić information content (AvgIpc) is 3.02. The molecule has 6 heteroatoms. The number of H-pyrrole nitrogens is 1. The molecule has 1 fully saturated rings. The number of carbonyl (C=O) groups is 1. The number of aromatic amines is 1. The van der Waals surface area contributed by atoms with Gasteiger partial charge in [-0.25, -0.2) is 9.78 Å². The standard InChI is InChI=1S/C13H22N4O2/c1-10-6-14-11(16-10)7-17(2)12(18)15-8-13(4-5-13)9-19-3/h6H,4-5,7-9H2,1-3H3,(H,14,16)(H,15,18). The van der Waals surface area contributed by atoms with E-state index in [-0.39, 0.29) is 11.4 Å². The molecule has 2 amide bonds. The molecule has 0 bridgehead atoms. The number of hydrogen-bond donors (Lipinski definition) is 2. The Hall–Kier alpha value is -1.56. The second kappa shape index (κ2) is 5.61. The first-order chi connectivity index (χ1) is 9.04. The Balaban J connectivity index is 1.76. The van der Waals surface area contributed by atoms with E-state index in [4.69, 9.17) is 4.74 Å². The smallest absolute Gasteiger partial charge is 0.317 e. The van der Waals surface area contributed by atoms with E-state index in [9.17, 15) is 4.79 Å². The summed E-state index contributed by atoms with van der Waals surface area (Å²) < 4.78 is 5.18. The molecular formula is C13H22N4O2. The van der Waals surface area contributed by atoms with Crippen molar-refractivity contribution in [3.05, 3.63) is 17.7 Å². The number of nitrogens with zero attached hydrogens (tertiary/aromatic N) is 2. The molecule has 0 radical (unpaired) electrons. The summed E-state index contributed by atoms with van der Waals surface area (Å²) in [6.07, 6.45) is 4.02. The largest absolute Gasteiger partial charge is 0.384 e. The van der Waals surface area contributed by atoms with Gasteiger partial charge in [-0.2, -0.15) is 0 Å². The first-order valence-electron chi connectivity index (χ1n) is 6.53. The van der Waals surface area contributed by atoms with Crippen LogP contribution in [0.3, 0.4) is 0 Å². The van der Waals surface area contributed by atoms with Crippen molar-refractivity contribution in [1.82, 2.24) is 20.2 Å². The number of urea groups is 1. The van der Waals surface area contributed by atoms with Gasteiger partial charge in [-0.15, -0.1) is 0 Å². The van der Waals surface area contributed by atoms with Gasteiger partial charge in [0.1, 0.15) is 5.82 Å². The fourth-order valence-electron chi connectivity index (χ4n) is 2.10. The minimum atomic E-state index is -0.0727. The Bertz CT molecular complexity index is 440. The lowest BCUT2D eigenvalue weighted by atomic mass is 10.1. The average molecular weight is 266 g/mol. The summed E-state index contributed by atoms with van der Waals surface area (Å²) in [5, 5.41) is 2.96. The summed E-state index contributed by atoms with van der Waals surface area (Å²) in [5.41, 5.74) is 1.17. The van der Waals surface area contributed by atoms with Gasteiger partial charge >= 0.3 is 6.03 Å². The first kappa shape index (κ1) is 13.9. The van der Waals surface area contributed by atoms with Crippen LogP contribution >= 0.6 is 0 Å². The summed E-state index contributed by atoms with van der Waals surface area (Å²) >= 11 is 0. The van der Waals surface area contributed by atoms with E-state index < -0.39 is 0 Å². The van der Waals surface area contributed by atoms with E-state index >= 15 is 0 Å². The van der Waals surface area contributed by atoms with Gasteiger partial charge in [-0.05, 0) is 19.8 Å². The topological polar surface area (TPSA) is 70.2 Å². The van der Waals surface area contributed by atoms with E-state index in [1.165, 1.54) is 0 Å². The zero-order chi connectivity index (χ0) is 13.9. The van der Waals surface area contributed by atoms with Gasteiger partial charge in [0.2, 0.25) is 0 Å². The van der Waals surface area contributed by atoms with Crippen molar-refractivity contribution in [2.24, 2.45) is 5.41 Å². The highest BCUT2D eigenvalue weighted by Crippen LogP contribution is 2.45. The number of amides is 2. The van der Waals surface area contributed by atoms with Crippen molar-refractivity contribution in [2.75, 3.05) is 27.3 Å². The molecule has 1 saturated carbocycles. The van der Waals surface area contributed by atoms with Crippen molar-refractivity contribution in [3.63, 3.8) is 0 Å². The van der Waals surface area contributed by atoms with Crippen molar-refractivity contribution < 1.29 is 9.53 Å². The molecule has 1 aromatic heterocycles. The summed E-state index contributed by atoms with van der Waals surface area (Å²) in [5.74, 6) is 0.799.